The zero-order valence-corrected chi connectivity index (χ0v) is 16.5. The molecular weight excluding hydrogens is 398 g/mol. The summed E-state index contributed by atoms with van der Waals surface area (Å²) in [4.78, 5) is 24.7. The molecule has 0 atom stereocenters. The molecule has 28 heavy (non-hydrogen) atoms. The van der Waals surface area contributed by atoms with Crippen LogP contribution in [0.1, 0.15) is 27.0 Å². The van der Waals surface area contributed by atoms with E-state index in [0.29, 0.717) is 11.3 Å². The van der Waals surface area contributed by atoms with Gasteiger partial charge in [0.1, 0.15) is 4.21 Å². The molecule has 3 aromatic rings. The summed E-state index contributed by atoms with van der Waals surface area (Å²) in [7, 11) is -3.67. The molecule has 0 unspecified atom stereocenters. The maximum Gasteiger partial charge on any atom is 0.338 e. The molecule has 1 amide bonds. The third-order valence-electron chi connectivity index (χ3n) is 3.76. The Morgan fingerprint density at radius 2 is 1.75 bits per heavy atom. The molecule has 1 N–H and O–H groups in total. The first-order chi connectivity index (χ1) is 13.4. The highest BCUT2D eigenvalue weighted by atomic mass is 32.2. The van der Waals surface area contributed by atoms with E-state index >= 15 is 0 Å². The van der Waals surface area contributed by atoms with Crippen molar-refractivity contribution in [1.29, 1.82) is 0 Å². The van der Waals surface area contributed by atoms with E-state index < -0.39 is 21.7 Å². The van der Waals surface area contributed by atoms with Crippen molar-refractivity contribution in [2.75, 3.05) is 11.9 Å². The van der Waals surface area contributed by atoms with Crippen molar-refractivity contribution in [3.63, 3.8) is 0 Å². The van der Waals surface area contributed by atoms with Gasteiger partial charge in [0.05, 0.1) is 21.9 Å². The predicted molar refractivity (Wildman–Crippen MR) is 107 cm³/mol. The molecule has 0 aliphatic rings. The van der Waals surface area contributed by atoms with Crippen molar-refractivity contribution in [2.24, 2.45) is 0 Å². The lowest BCUT2D eigenvalue weighted by Crippen LogP contribution is -2.11. The van der Waals surface area contributed by atoms with Crippen LogP contribution < -0.4 is 5.32 Å². The first kappa shape index (κ1) is 19.8. The Bertz CT molecular complexity index is 1100. The van der Waals surface area contributed by atoms with E-state index in [2.05, 4.69) is 5.32 Å². The van der Waals surface area contributed by atoms with E-state index in [-0.39, 0.29) is 20.6 Å². The SMILES string of the molecule is CCOC(=O)c1cccc(NC(=O)c2ccc(S(=O)(=O)c3ccccc3)s2)c1. The van der Waals surface area contributed by atoms with Gasteiger partial charge >= 0.3 is 5.97 Å². The van der Waals surface area contributed by atoms with Gasteiger partial charge in [-0.1, -0.05) is 24.3 Å². The fourth-order valence-electron chi connectivity index (χ4n) is 2.43. The maximum atomic E-state index is 12.6. The number of hydrogen-bond donors (Lipinski definition) is 1. The van der Waals surface area contributed by atoms with Gasteiger partial charge < -0.3 is 10.1 Å². The fraction of sp³-hybridized carbons (Fsp3) is 0.100. The normalized spacial score (nSPS) is 11.0. The molecule has 0 bridgehead atoms. The molecule has 2 aromatic carbocycles. The van der Waals surface area contributed by atoms with E-state index in [1.807, 2.05) is 0 Å². The summed E-state index contributed by atoms with van der Waals surface area (Å²) in [5.74, 6) is -0.938. The molecular formula is C20H17NO5S2. The van der Waals surface area contributed by atoms with Crippen LogP contribution in [-0.2, 0) is 14.6 Å². The number of rotatable bonds is 6. The summed E-state index contributed by atoms with van der Waals surface area (Å²) in [6, 6.07) is 17.3. The fourth-order valence-corrected chi connectivity index (χ4v) is 5.06. The molecule has 0 aliphatic carbocycles. The van der Waals surface area contributed by atoms with Crippen LogP contribution in [0, 0.1) is 0 Å². The number of ether oxygens (including phenoxy) is 1. The molecule has 0 saturated carbocycles. The first-order valence-electron chi connectivity index (χ1n) is 8.40. The summed E-state index contributed by atoms with van der Waals surface area (Å²) in [6.07, 6.45) is 0. The monoisotopic (exact) mass is 415 g/mol. The zero-order valence-electron chi connectivity index (χ0n) is 14.9. The van der Waals surface area contributed by atoms with Gasteiger partial charge in [0.25, 0.3) is 5.91 Å². The van der Waals surface area contributed by atoms with Gasteiger partial charge in [0.2, 0.25) is 9.84 Å². The molecule has 3 rings (SSSR count). The first-order valence-corrected chi connectivity index (χ1v) is 10.7. The third kappa shape index (κ3) is 4.29. The minimum Gasteiger partial charge on any atom is -0.462 e. The highest BCUT2D eigenvalue weighted by molar-refractivity contribution is 7.93. The second kappa shape index (κ2) is 8.37. The smallest absolute Gasteiger partial charge is 0.338 e. The van der Waals surface area contributed by atoms with Crippen LogP contribution in [0.3, 0.4) is 0 Å². The molecule has 1 heterocycles. The van der Waals surface area contributed by atoms with Crippen molar-refractivity contribution in [3.8, 4) is 0 Å². The van der Waals surface area contributed by atoms with Gasteiger partial charge in [-0.2, -0.15) is 0 Å². The summed E-state index contributed by atoms with van der Waals surface area (Å²) >= 11 is 0.889. The molecule has 0 radical (unpaired) electrons. The van der Waals surface area contributed by atoms with Crippen LogP contribution in [-0.4, -0.2) is 26.9 Å². The van der Waals surface area contributed by atoms with Crippen molar-refractivity contribution >= 4 is 38.7 Å². The number of sulfone groups is 1. The van der Waals surface area contributed by atoms with E-state index in [1.54, 1.807) is 43.3 Å². The number of hydrogen-bond acceptors (Lipinski definition) is 6. The Hall–Kier alpha value is -2.97. The lowest BCUT2D eigenvalue weighted by atomic mass is 10.2. The second-order valence-corrected chi connectivity index (χ2v) is 8.95. The molecule has 0 saturated heterocycles. The minimum atomic E-state index is -3.67. The van der Waals surface area contributed by atoms with Gasteiger partial charge in [-0.25, -0.2) is 13.2 Å². The van der Waals surface area contributed by atoms with Crippen LogP contribution in [0.15, 0.2) is 75.8 Å². The number of carbonyl (C=O) groups excluding carboxylic acids is 2. The second-order valence-electron chi connectivity index (χ2n) is 5.69. The van der Waals surface area contributed by atoms with E-state index in [4.69, 9.17) is 4.74 Å². The summed E-state index contributed by atoms with van der Waals surface area (Å²) in [5, 5.41) is 2.67. The average molecular weight is 415 g/mol. The van der Waals surface area contributed by atoms with Crippen LogP contribution in [0.5, 0.6) is 0 Å². The minimum absolute atomic E-state index is 0.0872. The summed E-state index contributed by atoms with van der Waals surface area (Å²) in [6.45, 7) is 1.96. The standard InChI is InChI=1S/C20H17NO5S2/c1-2-26-20(23)14-7-6-8-15(13-14)21-19(22)17-11-12-18(27-17)28(24,25)16-9-4-3-5-10-16/h3-13H,2H2,1H3,(H,21,22). The topological polar surface area (TPSA) is 89.5 Å². The van der Waals surface area contributed by atoms with Gasteiger partial charge in [-0.3, -0.25) is 4.79 Å². The molecule has 144 valence electrons. The Morgan fingerprint density at radius 1 is 1.00 bits per heavy atom. The number of anilines is 1. The van der Waals surface area contributed by atoms with E-state index in [1.165, 1.54) is 30.3 Å². The Morgan fingerprint density at radius 3 is 2.46 bits per heavy atom. The number of nitrogens with one attached hydrogen (secondary N) is 1. The van der Waals surface area contributed by atoms with E-state index in [9.17, 15) is 18.0 Å². The Balaban J connectivity index is 1.78. The summed E-state index contributed by atoms with van der Waals surface area (Å²) < 4.78 is 30.3. The number of esters is 1. The maximum absolute atomic E-state index is 12.6. The van der Waals surface area contributed by atoms with Crippen LogP contribution in [0.2, 0.25) is 0 Å². The van der Waals surface area contributed by atoms with Gasteiger partial charge in [0.15, 0.2) is 0 Å². The van der Waals surface area contributed by atoms with Gasteiger partial charge in [0, 0.05) is 5.69 Å². The van der Waals surface area contributed by atoms with Gasteiger partial charge in [-0.15, -0.1) is 11.3 Å². The quantitative estimate of drug-likeness (QED) is 0.615. The van der Waals surface area contributed by atoms with Crippen LogP contribution in [0.25, 0.3) is 0 Å². The third-order valence-corrected chi connectivity index (χ3v) is 7.10. The zero-order chi connectivity index (χ0) is 20.1. The van der Waals surface area contributed by atoms with Crippen molar-refractivity contribution in [2.45, 2.75) is 16.0 Å². The number of benzene rings is 2. The number of carbonyl (C=O) groups is 2. The molecule has 8 heteroatoms. The summed E-state index contributed by atoms with van der Waals surface area (Å²) in [5.41, 5.74) is 0.731. The van der Waals surface area contributed by atoms with Crippen molar-refractivity contribution < 1.29 is 22.7 Å². The Kier molecular flexibility index (Phi) is 5.91. The largest absolute Gasteiger partial charge is 0.462 e. The number of amides is 1. The van der Waals surface area contributed by atoms with Crippen molar-refractivity contribution in [1.82, 2.24) is 0 Å². The predicted octanol–water partition coefficient (Wildman–Crippen LogP) is 4.01. The molecule has 0 spiro atoms. The van der Waals surface area contributed by atoms with Crippen molar-refractivity contribution in [3.05, 3.63) is 77.2 Å². The van der Waals surface area contributed by atoms with Crippen LogP contribution >= 0.6 is 11.3 Å². The Labute approximate surface area is 166 Å². The number of thiophene rings is 1. The molecule has 0 fully saturated rings. The van der Waals surface area contributed by atoms with Crippen LogP contribution in [0.4, 0.5) is 5.69 Å². The molecule has 0 aliphatic heterocycles. The van der Waals surface area contributed by atoms with Gasteiger partial charge in [-0.05, 0) is 49.4 Å². The molecule has 1 aromatic heterocycles. The van der Waals surface area contributed by atoms with E-state index in [0.717, 1.165) is 11.3 Å². The molecule has 6 nitrogen and oxygen atoms in total. The highest BCUT2D eigenvalue weighted by Crippen LogP contribution is 2.28. The lowest BCUT2D eigenvalue weighted by molar-refractivity contribution is 0.0526. The average Bonchev–Trinajstić information content (AvgIpc) is 3.20. The lowest BCUT2D eigenvalue weighted by Gasteiger charge is -2.06. The highest BCUT2D eigenvalue weighted by Gasteiger charge is 2.21.